The summed E-state index contributed by atoms with van der Waals surface area (Å²) in [6.07, 6.45) is 3.07. The molecule has 21 heavy (non-hydrogen) atoms. The summed E-state index contributed by atoms with van der Waals surface area (Å²) in [7, 11) is 0. The molecule has 1 amide bonds. The Hall–Kier alpha value is -1.20. The minimum absolute atomic E-state index is 0.0292. The van der Waals surface area contributed by atoms with E-state index < -0.39 is 0 Å². The highest BCUT2D eigenvalue weighted by Crippen LogP contribution is 2.40. The molecule has 1 aromatic carbocycles. The summed E-state index contributed by atoms with van der Waals surface area (Å²) in [5.41, 5.74) is 2.64. The highest BCUT2D eigenvalue weighted by Gasteiger charge is 2.34. The van der Waals surface area contributed by atoms with Gasteiger partial charge in [-0.05, 0) is 36.5 Å². The average Bonchev–Trinajstić information content (AvgIpc) is 2.86. The van der Waals surface area contributed by atoms with Crippen LogP contribution in [0.5, 0.6) is 0 Å². The van der Waals surface area contributed by atoms with Crippen LogP contribution in [0.1, 0.15) is 26.2 Å². The lowest BCUT2D eigenvalue weighted by Gasteiger charge is -2.16. The molecule has 0 bridgehead atoms. The molecule has 1 fully saturated rings. The fourth-order valence-electron chi connectivity index (χ4n) is 2.38. The van der Waals surface area contributed by atoms with Crippen molar-refractivity contribution in [3.05, 3.63) is 40.1 Å². The molecule has 2 aliphatic rings. The van der Waals surface area contributed by atoms with Gasteiger partial charge in [0.1, 0.15) is 0 Å². The number of anilines is 1. The Morgan fingerprint density at radius 3 is 2.57 bits per heavy atom. The predicted octanol–water partition coefficient (Wildman–Crippen LogP) is 4.27. The Balaban J connectivity index is 1.98. The van der Waals surface area contributed by atoms with Gasteiger partial charge in [0.05, 0.1) is 21.2 Å². The van der Waals surface area contributed by atoms with Crippen LogP contribution in [0, 0.1) is 0 Å². The Bertz CT molecular complexity index is 588. The second kappa shape index (κ2) is 6.71. The van der Waals surface area contributed by atoms with E-state index in [4.69, 9.17) is 0 Å². The molecule has 0 spiro atoms. The first kappa shape index (κ1) is 14.7. The largest absolute Gasteiger partial charge is 0.282 e. The SMILES string of the molecule is CCCC1=NN(c2ccccc2)C(=O)C1=C1SCCCS1. The highest BCUT2D eigenvalue weighted by molar-refractivity contribution is 8.22. The monoisotopic (exact) mass is 318 g/mol. The van der Waals surface area contributed by atoms with Crippen LogP contribution in [0.4, 0.5) is 5.69 Å². The van der Waals surface area contributed by atoms with Gasteiger partial charge in [-0.25, -0.2) is 0 Å². The molecule has 1 aromatic rings. The van der Waals surface area contributed by atoms with E-state index >= 15 is 0 Å². The molecule has 2 aliphatic heterocycles. The van der Waals surface area contributed by atoms with E-state index in [1.807, 2.05) is 30.3 Å². The van der Waals surface area contributed by atoms with Crippen LogP contribution >= 0.6 is 23.5 Å². The summed E-state index contributed by atoms with van der Waals surface area (Å²) < 4.78 is 1.16. The van der Waals surface area contributed by atoms with Crippen LogP contribution in [0.25, 0.3) is 0 Å². The van der Waals surface area contributed by atoms with E-state index in [9.17, 15) is 4.79 Å². The number of benzene rings is 1. The second-order valence-corrected chi connectivity index (χ2v) is 7.43. The molecule has 0 radical (unpaired) electrons. The summed E-state index contributed by atoms with van der Waals surface area (Å²) in [5, 5.41) is 6.16. The smallest absolute Gasteiger partial charge is 0.267 e. The summed E-state index contributed by atoms with van der Waals surface area (Å²) in [6.45, 7) is 2.13. The quantitative estimate of drug-likeness (QED) is 0.780. The van der Waals surface area contributed by atoms with E-state index in [0.717, 1.165) is 45.6 Å². The number of hydrogen-bond donors (Lipinski definition) is 0. The fourth-order valence-corrected chi connectivity index (χ4v) is 5.04. The number of hydrogen-bond acceptors (Lipinski definition) is 4. The molecule has 0 aromatic heterocycles. The van der Waals surface area contributed by atoms with Gasteiger partial charge in [-0.1, -0.05) is 31.5 Å². The Labute approximate surface area is 133 Å². The Morgan fingerprint density at radius 1 is 1.19 bits per heavy atom. The van der Waals surface area contributed by atoms with Crippen LogP contribution in [-0.4, -0.2) is 23.1 Å². The van der Waals surface area contributed by atoms with Crippen LogP contribution in [0.15, 0.2) is 45.2 Å². The van der Waals surface area contributed by atoms with Gasteiger partial charge in [0.2, 0.25) is 0 Å². The molecule has 0 saturated carbocycles. The molecule has 2 heterocycles. The molecular weight excluding hydrogens is 300 g/mol. The zero-order chi connectivity index (χ0) is 14.7. The molecule has 3 nitrogen and oxygen atoms in total. The lowest BCUT2D eigenvalue weighted by Crippen LogP contribution is -2.22. The van der Waals surface area contributed by atoms with Gasteiger partial charge in [-0.2, -0.15) is 10.1 Å². The number of amides is 1. The topological polar surface area (TPSA) is 32.7 Å². The van der Waals surface area contributed by atoms with Crippen molar-refractivity contribution in [1.29, 1.82) is 0 Å². The summed E-state index contributed by atoms with van der Waals surface area (Å²) in [5.74, 6) is 2.23. The maximum Gasteiger partial charge on any atom is 0.282 e. The van der Waals surface area contributed by atoms with Crippen molar-refractivity contribution in [3.8, 4) is 0 Å². The predicted molar refractivity (Wildman–Crippen MR) is 92.8 cm³/mol. The summed E-state index contributed by atoms with van der Waals surface area (Å²) in [4.78, 5) is 12.8. The summed E-state index contributed by atoms with van der Waals surface area (Å²) in [6, 6.07) is 9.69. The van der Waals surface area contributed by atoms with E-state index in [1.54, 1.807) is 28.5 Å². The average molecular weight is 318 g/mol. The molecule has 110 valence electrons. The maximum atomic E-state index is 12.8. The number of thioether (sulfide) groups is 2. The minimum atomic E-state index is 0.0292. The molecule has 0 N–H and O–H groups in total. The maximum absolute atomic E-state index is 12.8. The zero-order valence-corrected chi connectivity index (χ0v) is 13.7. The number of carbonyl (C=O) groups excluding carboxylic acids is 1. The molecular formula is C16H18N2OS2. The van der Waals surface area contributed by atoms with Gasteiger partial charge in [0.15, 0.2) is 0 Å². The van der Waals surface area contributed by atoms with Gasteiger partial charge in [0, 0.05) is 0 Å². The van der Waals surface area contributed by atoms with Crippen molar-refractivity contribution < 1.29 is 4.79 Å². The third kappa shape index (κ3) is 3.04. The van der Waals surface area contributed by atoms with Crippen molar-refractivity contribution in [2.75, 3.05) is 16.5 Å². The zero-order valence-electron chi connectivity index (χ0n) is 12.0. The van der Waals surface area contributed by atoms with Crippen LogP contribution in [-0.2, 0) is 4.79 Å². The first-order valence-electron chi connectivity index (χ1n) is 7.28. The molecule has 5 heteroatoms. The van der Waals surface area contributed by atoms with Crippen molar-refractivity contribution in [2.24, 2.45) is 5.10 Å². The van der Waals surface area contributed by atoms with Gasteiger partial charge in [0.25, 0.3) is 5.91 Å². The Kier molecular flexibility index (Phi) is 4.70. The minimum Gasteiger partial charge on any atom is -0.267 e. The first-order chi connectivity index (χ1) is 10.3. The first-order valence-corrected chi connectivity index (χ1v) is 9.25. The van der Waals surface area contributed by atoms with E-state index in [0.29, 0.717) is 0 Å². The normalized spacial score (nSPS) is 19.2. The molecule has 0 atom stereocenters. The fraction of sp³-hybridized carbons (Fsp3) is 0.375. The van der Waals surface area contributed by atoms with Crippen LogP contribution in [0.3, 0.4) is 0 Å². The van der Waals surface area contributed by atoms with Gasteiger partial charge < -0.3 is 0 Å². The molecule has 0 unspecified atom stereocenters. The van der Waals surface area contributed by atoms with Crippen LogP contribution in [0.2, 0.25) is 0 Å². The van der Waals surface area contributed by atoms with Gasteiger partial charge in [-0.3, -0.25) is 4.79 Å². The lowest BCUT2D eigenvalue weighted by molar-refractivity contribution is -0.114. The molecule has 1 saturated heterocycles. The van der Waals surface area contributed by atoms with Gasteiger partial charge >= 0.3 is 0 Å². The van der Waals surface area contributed by atoms with Gasteiger partial charge in [-0.15, -0.1) is 23.5 Å². The highest BCUT2D eigenvalue weighted by atomic mass is 32.2. The second-order valence-electron chi connectivity index (χ2n) is 4.96. The lowest BCUT2D eigenvalue weighted by atomic mass is 10.1. The third-order valence-corrected chi connectivity index (χ3v) is 5.99. The third-order valence-electron chi connectivity index (χ3n) is 3.36. The number of carbonyl (C=O) groups is 1. The standard InChI is InChI=1S/C16H18N2OS2/c1-2-7-13-14(16-20-10-6-11-21-16)15(19)18(17-13)12-8-4-3-5-9-12/h3-5,8-9H,2,6-7,10-11H2,1H3. The number of rotatable bonds is 3. The van der Waals surface area contributed by atoms with Crippen molar-refractivity contribution >= 4 is 40.8 Å². The summed E-state index contributed by atoms with van der Waals surface area (Å²) >= 11 is 3.61. The molecule has 0 aliphatic carbocycles. The number of hydrazone groups is 1. The van der Waals surface area contributed by atoms with E-state index in [-0.39, 0.29) is 5.91 Å². The van der Waals surface area contributed by atoms with E-state index in [1.165, 1.54) is 6.42 Å². The van der Waals surface area contributed by atoms with Crippen LogP contribution < -0.4 is 5.01 Å². The van der Waals surface area contributed by atoms with Crippen molar-refractivity contribution in [2.45, 2.75) is 26.2 Å². The van der Waals surface area contributed by atoms with Crippen molar-refractivity contribution in [1.82, 2.24) is 0 Å². The van der Waals surface area contributed by atoms with E-state index in [2.05, 4.69) is 12.0 Å². The number of nitrogens with zero attached hydrogens (tertiary/aromatic N) is 2. The number of para-hydroxylation sites is 1. The Morgan fingerprint density at radius 2 is 1.90 bits per heavy atom. The van der Waals surface area contributed by atoms with Crippen molar-refractivity contribution in [3.63, 3.8) is 0 Å². The molecule has 3 rings (SSSR count).